The molecule has 1 aromatic heterocycles. The Bertz CT molecular complexity index is 1560. The number of para-hydroxylation sites is 1. The molecular weight excluding hydrogens is 552 g/mol. The quantitative estimate of drug-likeness (QED) is 0.214. The van der Waals surface area contributed by atoms with Crippen molar-refractivity contribution in [3.05, 3.63) is 72.6 Å². The molecule has 1 aliphatic rings. The summed E-state index contributed by atoms with van der Waals surface area (Å²) in [5, 5.41) is 36.4. The van der Waals surface area contributed by atoms with E-state index in [0.717, 1.165) is 44.7 Å². The minimum atomic E-state index is -2.74. The Morgan fingerprint density at radius 2 is 1.44 bits per heavy atom. The molecule has 11 heteroatoms. The van der Waals surface area contributed by atoms with E-state index in [1.807, 2.05) is 0 Å². The van der Waals surface area contributed by atoms with E-state index in [9.17, 15) is 14.4 Å². The monoisotopic (exact) mass is 590 g/mol. The van der Waals surface area contributed by atoms with E-state index in [0.29, 0.717) is 6.04 Å². The zero-order valence-corrected chi connectivity index (χ0v) is 24.4. The van der Waals surface area contributed by atoms with Crippen molar-refractivity contribution in [1.29, 1.82) is 0 Å². The molecular formula is C32H38N4O7. The second-order valence-electron chi connectivity index (χ2n) is 11.0. The van der Waals surface area contributed by atoms with Crippen molar-refractivity contribution in [3.63, 3.8) is 0 Å². The standard InChI is InChI=1S/C26H30N4.C6H8O7/c1-20(2)30-25(27-24-13-12-21-8-6-7-11-23(21)26(24)30)14-15-28-16-18-29(19-17-28)22-9-4-3-5-10-22;7-3(8)1-6(13,5(11)12)2-4(9)10/h3-13,20H,14-19H2,1-2H3;13H,1-2H2,(H,7,8)(H,9,10)(H,11,12). The van der Waals surface area contributed by atoms with Gasteiger partial charge in [-0.15, -0.1) is 0 Å². The van der Waals surface area contributed by atoms with Crippen LogP contribution in [0.15, 0.2) is 66.7 Å². The largest absolute Gasteiger partial charge is 0.481 e. The summed E-state index contributed by atoms with van der Waals surface area (Å²) in [5.41, 5.74) is 1.00. The van der Waals surface area contributed by atoms with Crippen molar-refractivity contribution in [3.8, 4) is 0 Å². The number of piperazine rings is 1. The summed E-state index contributed by atoms with van der Waals surface area (Å²) >= 11 is 0. The lowest BCUT2D eigenvalue weighted by Gasteiger charge is -2.36. The third-order valence-electron chi connectivity index (χ3n) is 7.59. The van der Waals surface area contributed by atoms with E-state index in [-0.39, 0.29) is 0 Å². The van der Waals surface area contributed by atoms with Gasteiger partial charge in [0, 0.05) is 56.3 Å². The fourth-order valence-electron chi connectivity index (χ4n) is 5.48. The molecule has 3 aromatic carbocycles. The molecule has 5 rings (SSSR count). The number of carbonyl (C=O) groups is 3. The summed E-state index contributed by atoms with van der Waals surface area (Å²) in [5.74, 6) is -3.81. The molecule has 0 amide bonds. The molecule has 1 aliphatic heterocycles. The van der Waals surface area contributed by atoms with Gasteiger partial charge in [-0.2, -0.15) is 0 Å². The molecule has 1 fully saturated rings. The van der Waals surface area contributed by atoms with Crippen LogP contribution in [0.2, 0.25) is 0 Å². The van der Waals surface area contributed by atoms with Gasteiger partial charge in [-0.1, -0.05) is 48.5 Å². The van der Waals surface area contributed by atoms with Crippen LogP contribution < -0.4 is 4.90 Å². The Balaban J connectivity index is 0.000000277. The van der Waals surface area contributed by atoms with Crippen LogP contribution in [0.25, 0.3) is 21.8 Å². The van der Waals surface area contributed by atoms with Crippen LogP contribution in [0.4, 0.5) is 5.69 Å². The van der Waals surface area contributed by atoms with Gasteiger partial charge in [0.05, 0.1) is 23.9 Å². The molecule has 0 aliphatic carbocycles. The maximum atomic E-state index is 10.3. The molecule has 0 saturated carbocycles. The number of benzene rings is 3. The maximum Gasteiger partial charge on any atom is 0.336 e. The normalized spacial score (nSPS) is 14.1. The number of fused-ring (bicyclic) bond motifs is 3. The van der Waals surface area contributed by atoms with Gasteiger partial charge in [-0.3, -0.25) is 14.5 Å². The third-order valence-corrected chi connectivity index (χ3v) is 7.59. The summed E-state index contributed by atoms with van der Waals surface area (Å²) in [4.78, 5) is 40.6. The molecule has 0 atom stereocenters. The minimum Gasteiger partial charge on any atom is -0.481 e. The van der Waals surface area contributed by atoms with Crippen molar-refractivity contribution >= 4 is 45.4 Å². The fourth-order valence-corrected chi connectivity index (χ4v) is 5.48. The summed E-state index contributed by atoms with van der Waals surface area (Å²) in [6, 6.07) is 24.2. The predicted molar refractivity (Wildman–Crippen MR) is 164 cm³/mol. The van der Waals surface area contributed by atoms with Crippen LogP contribution in [0.5, 0.6) is 0 Å². The topological polar surface area (TPSA) is 156 Å². The number of carboxylic acid groups (broad SMARTS) is 3. The lowest BCUT2D eigenvalue weighted by Crippen LogP contribution is -2.47. The van der Waals surface area contributed by atoms with Crippen molar-refractivity contribution in [1.82, 2.24) is 14.5 Å². The van der Waals surface area contributed by atoms with Gasteiger partial charge in [0.2, 0.25) is 0 Å². The molecule has 4 aromatic rings. The number of anilines is 1. The number of hydrogen-bond donors (Lipinski definition) is 4. The van der Waals surface area contributed by atoms with Crippen molar-refractivity contribution in [2.45, 2.75) is 44.8 Å². The van der Waals surface area contributed by atoms with Gasteiger partial charge in [0.25, 0.3) is 0 Å². The zero-order valence-electron chi connectivity index (χ0n) is 24.4. The molecule has 0 radical (unpaired) electrons. The molecule has 228 valence electrons. The van der Waals surface area contributed by atoms with Crippen LogP contribution in [-0.2, 0) is 20.8 Å². The van der Waals surface area contributed by atoms with E-state index in [1.54, 1.807) is 0 Å². The molecule has 0 unspecified atom stereocenters. The molecule has 0 bridgehead atoms. The number of imidazole rings is 1. The smallest absolute Gasteiger partial charge is 0.336 e. The average Bonchev–Trinajstić information content (AvgIpc) is 3.36. The predicted octanol–water partition coefficient (Wildman–Crippen LogP) is 3.89. The van der Waals surface area contributed by atoms with Crippen LogP contribution >= 0.6 is 0 Å². The molecule has 1 saturated heterocycles. The number of carboxylic acids is 3. The number of aromatic nitrogens is 2. The molecule has 4 N–H and O–H groups in total. The fraction of sp³-hybridized carbons (Fsp3) is 0.375. The van der Waals surface area contributed by atoms with E-state index in [2.05, 4.69) is 94.9 Å². The Hall–Kier alpha value is -4.48. The Kier molecular flexibility index (Phi) is 9.99. The average molecular weight is 591 g/mol. The third kappa shape index (κ3) is 7.68. The first-order valence-corrected chi connectivity index (χ1v) is 14.3. The van der Waals surface area contributed by atoms with Gasteiger partial charge in [0.1, 0.15) is 5.82 Å². The van der Waals surface area contributed by atoms with E-state index in [1.165, 1.54) is 27.8 Å². The van der Waals surface area contributed by atoms with Gasteiger partial charge < -0.3 is 29.9 Å². The van der Waals surface area contributed by atoms with Crippen LogP contribution in [0.3, 0.4) is 0 Å². The van der Waals surface area contributed by atoms with Gasteiger partial charge >= 0.3 is 17.9 Å². The molecule has 43 heavy (non-hydrogen) atoms. The summed E-state index contributed by atoms with van der Waals surface area (Å²) in [6.07, 6.45) is -1.30. The van der Waals surface area contributed by atoms with Crippen LogP contribution in [0, 0.1) is 0 Å². The van der Waals surface area contributed by atoms with Crippen molar-refractivity contribution in [2.24, 2.45) is 0 Å². The van der Waals surface area contributed by atoms with E-state index < -0.39 is 36.4 Å². The number of aliphatic carboxylic acids is 3. The first-order chi connectivity index (χ1) is 20.5. The Morgan fingerprint density at radius 3 is 2.02 bits per heavy atom. The summed E-state index contributed by atoms with van der Waals surface area (Å²) < 4.78 is 2.46. The number of rotatable bonds is 10. The maximum absolute atomic E-state index is 10.3. The molecule has 0 spiro atoms. The lowest BCUT2D eigenvalue weighted by atomic mass is 9.96. The number of nitrogens with zero attached hydrogens (tertiary/aromatic N) is 4. The molecule has 11 nitrogen and oxygen atoms in total. The van der Waals surface area contributed by atoms with Crippen molar-refractivity contribution in [2.75, 3.05) is 37.6 Å². The highest BCUT2D eigenvalue weighted by atomic mass is 16.4. The van der Waals surface area contributed by atoms with Crippen LogP contribution in [0.1, 0.15) is 38.6 Å². The zero-order chi connectivity index (χ0) is 31.1. The summed E-state index contributed by atoms with van der Waals surface area (Å²) in [6.45, 7) is 10.0. The first kappa shape index (κ1) is 31.5. The Labute approximate surface area is 249 Å². The second-order valence-corrected chi connectivity index (χ2v) is 11.0. The van der Waals surface area contributed by atoms with Gasteiger partial charge in [0.15, 0.2) is 5.60 Å². The SMILES string of the molecule is CC(C)n1c(CCN2CCN(c3ccccc3)CC2)nc2ccc3ccccc3c21.O=C(O)CC(O)(CC(=O)O)C(=O)O. The Morgan fingerprint density at radius 1 is 0.837 bits per heavy atom. The minimum absolute atomic E-state index is 0.394. The highest BCUT2D eigenvalue weighted by molar-refractivity contribution is 6.04. The molecule has 2 heterocycles. The first-order valence-electron chi connectivity index (χ1n) is 14.3. The number of aliphatic hydroxyl groups is 1. The van der Waals surface area contributed by atoms with E-state index >= 15 is 0 Å². The van der Waals surface area contributed by atoms with Crippen LogP contribution in [-0.4, -0.2) is 91.1 Å². The van der Waals surface area contributed by atoms with Crippen molar-refractivity contribution < 1.29 is 34.8 Å². The lowest BCUT2D eigenvalue weighted by molar-refractivity contribution is -0.170. The van der Waals surface area contributed by atoms with Gasteiger partial charge in [-0.05, 0) is 37.4 Å². The van der Waals surface area contributed by atoms with Gasteiger partial charge in [-0.25, -0.2) is 9.78 Å². The second kappa shape index (κ2) is 13.7. The highest BCUT2D eigenvalue weighted by Gasteiger charge is 2.40. The highest BCUT2D eigenvalue weighted by Crippen LogP contribution is 2.29. The summed E-state index contributed by atoms with van der Waals surface area (Å²) in [7, 11) is 0. The number of hydrogen-bond acceptors (Lipinski definition) is 7. The van der Waals surface area contributed by atoms with E-state index in [4.69, 9.17) is 25.4 Å².